The number of hydrogen-bond donors (Lipinski definition) is 1. The number of rotatable bonds is 3. The lowest BCUT2D eigenvalue weighted by Crippen LogP contribution is -2.71. The third kappa shape index (κ3) is 2.45. The molecule has 0 bridgehead atoms. The fourth-order valence-electron chi connectivity index (χ4n) is 3.88. The summed E-state index contributed by atoms with van der Waals surface area (Å²) in [5.41, 5.74) is -0.626. The molecule has 2 fully saturated rings. The first kappa shape index (κ1) is 15.3. The smallest absolute Gasteiger partial charge is 0.246 e. The first-order chi connectivity index (χ1) is 9.56. The second-order valence-corrected chi connectivity index (χ2v) is 6.29. The highest BCUT2D eigenvalue weighted by Gasteiger charge is 2.51. The molecule has 2 amide bonds. The summed E-state index contributed by atoms with van der Waals surface area (Å²) in [5.74, 6) is 0.152. The normalized spacial score (nSPS) is 28.1. The summed E-state index contributed by atoms with van der Waals surface area (Å²) >= 11 is 0. The van der Waals surface area contributed by atoms with Crippen molar-refractivity contribution >= 4 is 11.8 Å². The minimum atomic E-state index is -0.626. The number of carbonyl (C=O) groups excluding carboxylic acids is 2. The largest absolute Gasteiger partial charge is 0.343 e. The lowest BCUT2D eigenvalue weighted by Gasteiger charge is -2.50. The summed E-state index contributed by atoms with van der Waals surface area (Å²) < 4.78 is 0. The summed E-state index contributed by atoms with van der Waals surface area (Å²) in [4.78, 5) is 27.3. The number of nitrogens with one attached hydrogen (secondary N) is 1. The highest BCUT2D eigenvalue weighted by molar-refractivity contribution is 5.99. The van der Waals surface area contributed by atoms with Gasteiger partial charge in [0.05, 0.1) is 0 Å². The van der Waals surface area contributed by atoms with Crippen LogP contribution in [0.4, 0.5) is 0 Å². The van der Waals surface area contributed by atoms with Crippen LogP contribution in [0.2, 0.25) is 0 Å². The van der Waals surface area contributed by atoms with E-state index in [0.29, 0.717) is 12.8 Å². The van der Waals surface area contributed by atoms with Gasteiger partial charge in [-0.3, -0.25) is 9.59 Å². The van der Waals surface area contributed by atoms with Crippen LogP contribution in [-0.4, -0.2) is 34.3 Å². The second kappa shape index (κ2) is 6.15. The molecule has 0 aromatic rings. The third-order valence-electron chi connectivity index (χ3n) is 5.20. The van der Waals surface area contributed by atoms with Gasteiger partial charge in [-0.2, -0.15) is 0 Å². The van der Waals surface area contributed by atoms with E-state index >= 15 is 0 Å². The van der Waals surface area contributed by atoms with E-state index in [-0.39, 0.29) is 23.9 Å². The SMILES string of the molecule is CCC1(CC)C(=O)NC(C)C(=O)N1C1CCCCCC1. The van der Waals surface area contributed by atoms with E-state index in [4.69, 9.17) is 0 Å². The van der Waals surface area contributed by atoms with Gasteiger partial charge in [0.15, 0.2) is 0 Å². The molecular weight excluding hydrogens is 252 g/mol. The Bertz CT molecular complexity index is 369. The molecule has 1 saturated carbocycles. The van der Waals surface area contributed by atoms with Crippen molar-refractivity contribution in [1.29, 1.82) is 0 Å². The molecule has 114 valence electrons. The number of piperazine rings is 1. The van der Waals surface area contributed by atoms with Crippen molar-refractivity contribution < 1.29 is 9.59 Å². The van der Waals surface area contributed by atoms with Gasteiger partial charge in [-0.25, -0.2) is 0 Å². The van der Waals surface area contributed by atoms with E-state index in [9.17, 15) is 9.59 Å². The molecule has 4 heteroatoms. The molecule has 1 N–H and O–H groups in total. The predicted molar refractivity (Wildman–Crippen MR) is 79.3 cm³/mol. The van der Waals surface area contributed by atoms with E-state index in [1.165, 1.54) is 25.7 Å². The van der Waals surface area contributed by atoms with Gasteiger partial charge in [0.2, 0.25) is 11.8 Å². The van der Waals surface area contributed by atoms with Crippen LogP contribution in [0.5, 0.6) is 0 Å². The molecule has 0 spiro atoms. The van der Waals surface area contributed by atoms with Crippen molar-refractivity contribution in [2.24, 2.45) is 0 Å². The summed E-state index contributed by atoms with van der Waals surface area (Å²) in [6.07, 6.45) is 8.36. The maximum atomic E-state index is 12.7. The van der Waals surface area contributed by atoms with E-state index in [0.717, 1.165) is 12.8 Å². The van der Waals surface area contributed by atoms with E-state index < -0.39 is 5.54 Å². The molecule has 20 heavy (non-hydrogen) atoms. The maximum absolute atomic E-state index is 12.7. The van der Waals surface area contributed by atoms with Crippen LogP contribution in [0.1, 0.15) is 72.1 Å². The van der Waals surface area contributed by atoms with Gasteiger partial charge in [0.25, 0.3) is 0 Å². The van der Waals surface area contributed by atoms with Crippen molar-refractivity contribution in [1.82, 2.24) is 10.2 Å². The summed E-state index contributed by atoms with van der Waals surface area (Å²) in [7, 11) is 0. The molecule has 1 saturated heterocycles. The molecule has 0 aromatic carbocycles. The topological polar surface area (TPSA) is 49.4 Å². The average molecular weight is 280 g/mol. The number of amides is 2. The third-order valence-corrected chi connectivity index (χ3v) is 5.20. The zero-order valence-corrected chi connectivity index (χ0v) is 13.1. The van der Waals surface area contributed by atoms with Gasteiger partial charge in [-0.15, -0.1) is 0 Å². The Morgan fingerprint density at radius 1 is 1.10 bits per heavy atom. The fourth-order valence-corrected chi connectivity index (χ4v) is 3.88. The Kier molecular flexibility index (Phi) is 4.71. The quantitative estimate of drug-likeness (QED) is 0.808. The van der Waals surface area contributed by atoms with Gasteiger partial charge in [0.1, 0.15) is 11.6 Å². The molecule has 2 aliphatic rings. The second-order valence-electron chi connectivity index (χ2n) is 6.29. The van der Waals surface area contributed by atoms with Crippen LogP contribution in [0, 0.1) is 0 Å². The van der Waals surface area contributed by atoms with Gasteiger partial charge in [0, 0.05) is 6.04 Å². The van der Waals surface area contributed by atoms with Crippen molar-refractivity contribution in [3.05, 3.63) is 0 Å². The molecule has 1 unspecified atom stereocenters. The van der Waals surface area contributed by atoms with Crippen LogP contribution < -0.4 is 5.32 Å². The molecule has 1 atom stereocenters. The lowest BCUT2D eigenvalue weighted by molar-refractivity contribution is -0.162. The first-order valence-electron chi connectivity index (χ1n) is 8.21. The highest BCUT2D eigenvalue weighted by Crippen LogP contribution is 2.35. The van der Waals surface area contributed by atoms with Crippen LogP contribution in [0.3, 0.4) is 0 Å². The van der Waals surface area contributed by atoms with Crippen LogP contribution >= 0.6 is 0 Å². The van der Waals surface area contributed by atoms with Crippen LogP contribution in [-0.2, 0) is 9.59 Å². The Labute approximate surface area is 122 Å². The molecule has 1 heterocycles. The van der Waals surface area contributed by atoms with Crippen molar-refractivity contribution in [2.75, 3.05) is 0 Å². The Morgan fingerprint density at radius 3 is 2.15 bits per heavy atom. The van der Waals surface area contributed by atoms with Gasteiger partial charge >= 0.3 is 0 Å². The Morgan fingerprint density at radius 2 is 1.65 bits per heavy atom. The summed E-state index contributed by atoms with van der Waals surface area (Å²) in [6.45, 7) is 5.85. The summed E-state index contributed by atoms with van der Waals surface area (Å²) in [5, 5.41) is 2.88. The van der Waals surface area contributed by atoms with E-state index in [2.05, 4.69) is 5.32 Å². The van der Waals surface area contributed by atoms with Crippen LogP contribution in [0.15, 0.2) is 0 Å². The average Bonchev–Trinajstić information content (AvgIpc) is 2.71. The molecule has 2 rings (SSSR count). The predicted octanol–water partition coefficient (Wildman–Crippen LogP) is 2.61. The zero-order valence-electron chi connectivity index (χ0n) is 13.1. The minimum absolute atomic E-state index is 0.0406. The van der Waals surface area contributed by atoms with E-state index in [1.807, 2.05) is 18.7 Å². The Balaban J connectivity index is 2.35. The number of nitrogens with zero attached hydrogens (tertiary/aromatic N) is 1. The standard InChI is InChI=1S/C16H28N2O2/c1-4-16(5-2)15(20)17-12(3)14(19)18(16)13-10-8-6-7-9-11-13/h12-13H,4-11H2,1-3H3,(H,17,20). The van der Waals surface area contributed by atoms with Crippen molar-refractivity contribution in [2.45, 2.75) is 89.8 Å². The number of carbonyl (C=O) groups is 2. The first-order valence-corrected chi connectivity index (χ1v) is 8.21. The molecular formula is C16H28N2O2. The molecule has 0 radical (unpaired) electrons. The minimum Gasteiger partial charge on any atom is -0.343 e. The molecule has 1 aliphatic carbocycles. The monoisotopic (exact) mass is 280 g/mol. The zero-order chi connectivity index (χ0) is 14.8. The molecule has 0 aromatic heterocycles. The van der Waals surface area contributed by atoms with Gasteiger partial charge < -0.3 is 10.2 Å². The summed E-state index contributed by atoms with van der Waals surface area (Å²) in [6, 6.07) is -0.129. The van der Waals surface area contributed by atoms with E-state index in [1.54, 1.807) is 6.92 Å². The fraction of sp³-hybridized carbons (Fsp3) is 0.875. The van der Waals surface area contributed by atoms with Gasteiger partial charge in [-0.05, 0) is 32.6 Å². The maximum Gasteiger partial charge on any atom is 0.246 e. The highest BCUT2D eigenvalue weighted by atomic mass is 16.2. The van der Waals surface area contributed by atoms with Crippen molar-refractivity contribution in [3.8, 4) is 0 Å². The van der Waals surface area contributed by atoms with Crippen LogP contribution in [0.25, 0.3) is 0 Å². The Hall–Kier alpha value is -1.06. The lowest BCUT2D eigenvalue weighted by atomic mass is 9.83. The number of hydrogen-bond acceptors (Lipinski definition) is 2. The van der Waals surface area contributed by atoms with Gasteiger partial charge in [-0.1, -0.05) is 39.5 Å². The molecule has 4 nitrogen and oxygen atoms in total. The molecule has 1 aliphatic heterocycles. The van der Waals surface area contributed by atoms with Crippen molar-refractivity contribution in [3.63, 3.8) is 0 Å².